The largest absolute Gasteiger partial charge is 0.310 e. The van der Waals surface area contributed by atoms with E-state index in [1.165, 1.54) is 38.5 Å². The van der Waals surface area contributed by atoms with Gasteiger partial charge in [-0.05, 0) is 37.4 Å². The summed E-state index contributed by atoms with van der Waals surface area (Å²) in [5, 5.41) is 5.07. The molecular formula is C16H22Cl3N. The molecule has 1 nitrogen and oxygen atoms in total. The lowest BCUT2D eigenvalue weighted by atomic mass is 9.87. The van der Waals surface area contributed by atoms with Gasteiger partial charge in [-0.15, -0.1) is 0 Å². The fraction of sp³-hybridized carbons (Fsp3) is 0.625. The highest BCUT2D eigenvalue weighted by molar-refractivity contribution is 6.48. The minimum atomic E-state index is 0.195. The number of benzene rings is 1. The number of hydrogen-bond acceptors (Lipinski definition) is 1. The summed E-state index contributed by atoms with van der Waals surface area (Å²) in [5.41, 5.74) is 1.02. The van der Waals surface area contributed by atoms with Crippen molar-refractivity contribution >= 4 is 34.8 Å². The van der Waals surface area contributed by atoms with Crippen molar-refractivity contribution in [2.24, 2.45) is 5.92 Å². The Balaban J connectivity index is 1.85. The third-order valence-electron chi connectivity index (χ3n) is 4.26. The molecule has 1 fully saturated rings. The molecule has 1 aromatic rings. The van der Waals surface area contributed by atoms with Gasteiger partial charge in [0.2, 0.25) is 0 Å². The number of halogens is 3. The Morgan fingerprint density at radius 1 is 1.10 bits per heavy atom. The van der Waals surface area contributed by atoms with Crippen molar-refractivity contribution in [2.45, 2.75) is 51.5 Å². The van der Waals surface area contributed by atoms with Crippen LogP contribution in [0.1, 0.15) is 57.1 Å². The van der Waals surface area contributed by atoms with Crippen molar-refractivity contribution in [3.8, 4) is 0 Å². The van der Waals surface area contributed by atoms with Gasteiger partial charge in [-0.3, -0.25) is 0 Å². The van der Waals surface area contributed by atoms with Crippen molar-refractivity contribution in [2.75, 3.05) is 6.54 Å². The van der Waals surface area contributed by atoms with Gasteiger partial charge in [-0.1, -0.05) is 73.0 Å². The average molecular weight is 335 g/mol. The predicted molar refractivity (Wildman–Crippen MR) is 89.1 cm³/mol. The van der Waals surface area contributed by atoms with E-state index in [1.54, 1.807) is 0 Å². The van der Waals surface area contributed by atoms with Crippen LogP contribution >= 0.6 is 34.8 Å². The second-order valence-electron chi connectivity index (χ2n) is 5.73. The highest BCUT2D eigenvalue weighted by atomic mass is 35.5. The van der Waals surface area contributed by atoms with E-state index < -0.39 is 0 Å². The van der Waals surface area contributed by atoms with E-state index in [4.69, 9.17) is 34.8 Å². The molecule has 2 rings (SSSR count). The molecule has 1 aromatic carbocycles. The summed E-state index contributed by atoms with van der Waals surface area (Å²) in [7, 11) is 0. The number of hydrogen-bond donors (Lipinski definition) is 1. The Bertz CT molecular complexity index is 442. The van der Waals surface area contributed by atoms with Gasteiger partial charge in [0.1, 0.15) is 0 Å². The van der Waals surface area contributed by atoms with Gasteiger partial charge in [0.25, 0.3) is 0 Å². The zero-order chi connectivity index (χ0) is 14.5. The molecule has 1 aliphatic rings. The lowest BCUT2D eigenvalue weighted by Crippen LogP contribution is -2.23. The second kappa shape index (κ2) is 7.89. The van der Waals surface area contributed by atoms with E-state index >= 15 is 0 Å². The lowest BCUT2D eigenvalue weighted by Gasteiger charge is -2.23. The zero-order valence-electron chi connectivity index (χ0n) is 11.9. The molecule has 0 aromatic heterocycles. The molecule has 0 radical (unpaired) electrons. The molecule has 1 N–H and O–H groups in total. The molecule has 1 atom stereocenters. The van der Waals surface area contributed by atoms with Crippen LogP contribution in [-0.4, -0.2) is 6.54 Å². The van der Waals surface area contributed by atoms with Gasteiger partial charge in [0.05, 0.1) is 15.1 Å². The van der Waals surface area contributed by atoms with Crippen LogP contribution in [-0.2, 0) is 0 Å². The summed E-state index contributed by atoms with van der Waals surface area (Å²) in [5.74, 6) is 0.896. The van der Waals surface area contributed by atoms with Crippen LogP contribution in [0.25, 0.3) is 0 Å². The van der Waals surface area contributed by atoms with E-state index in [2.05, 4.69) is 12.2 Å². The van der Waals surface area contributed by atoms with Crippen molar-refractivity contribution in [1.29, 1.82) is 0 Å². The van der Waals surface area contributed by atoms with Crippen LogP contribution in [0, 0.1) is 5.92 Å². The first kappa shape index (κ1) is 16.4. The van der Waals surface area contributed by atoms with Crippen LogP contribution in [0.5, 0.6) is 0 Å². The van der Waals surface area contributed by atoms with Gasteiger partial charge in [-0.25, -0.2) is 0 Å². The monoisotopic (exact) mass is 333 g/mol. The van der Waals surface area contributed by atoms with Crippen LogP contribution in [0.3, 0.4) is 0 Å². The molecule has 20 heavy (non-hydrogen) atoms. The molecule has 0 heterocycles. The molecule has 0 saturated heterocycles. The Kier molecular flexibility index (Phi) is 6.48. The smallest absolute Gasteiger partial charge is 0.0781 e. The van der Waals surface area contributed by atoms with E-state index in [0.29, 0.717) is 15.1 Å². The van der Waals surface area contributed by atoms with Gasteiger partial charge in [0.15, 0.2) is 0 Å². The summed E-state index contributed by atoms with van der Waals surface area (Å²) in [6.07, 6.45) is 8.26. The normalized spacial score (nSPS) is 18.2. The fourth-order valence-electron chi connectivity index (χ4n) is 2.96. The van der Waals surface area contributed by atoms with Gasteiger partial charge >= 0.3 is 0 Å². The summed E-state index contributed by atoms with van der Waals surface area (Å²) in [6, 6.07) is 3.96. The minimum Gasteiger partial charge on any atom is -0.310 e. The first-order chi connectivity index (χ1) is 9.59. The molecule has 0 spiro atoms. The second-order valence-corrected chi connectivity index (χ2v) is 6.90. The molecule has 0 aliphatic heterocycles. The van der Waals surface area contributed by atoms with Crippen LogP contribution < -0.4 is 5.32 Å². The summed E-state index contributed by atoms with van der Waals surface area (Å²) >= 11 is 18.3. The first-order valence-corrected chi connectivity index (χ1v) is 8.59. The maximum absolute atomic E-state index is 6.26. The standard InChI is InChI=1S/C16H22Cl3N/c1-11(13-7-8-14(17)16(19)15(13)18)20-10-9-12-5-3-2-4-6-12/h7-8,11-12,20H,2-6,9-10H2,1H3. The Hall–Kier alpha value is 0.0500. The van der Waals surface area contributed by atoms with Gasteiger partial charge in [0, 0.05) is 6.04 Å². The molecule has 0 amide bonds. The summed E-state index contributed by atoms with van der Waals surface area (Å²) in [4.78, 5) is 0. The van der Waals surface area contributed by atoms with Crippen LogP contribution in [0.15, 0.2) is 12.1 Å². The summed E-state index contributed by atoms with van der Waals surface area (Å²) in [6.45, 7) is 3.15. The Morgan fingerprint density at radius 2 is 1.80 bits per heavy atom. The third kappa shape index (κ3) is 4.27. The average Bonchev–Trinajstić information content (AvgIpc) is 2.46. The van der Waals surface area contributed by atoms with Gasteiger partial charge < -0.3 is 5.32 Å². The highest BCUT2D eigenvalue weighted by Gasteiger charge is 2.16. The zero-order valence-corrected chi connectivity index (χ0v) is 14.2. The fourth-order valence-corrected chi connectivity index (χ4v) is 3.67. The van der Waals surface area contributed by atoms with E-state index in [1.807, 2.05) is 12.1 Å². The van der Waals surface area contributed by atoms with Crippen molar-refractivity contribution < 1.29 is 0 Å². The molecule has 112 valence electrons. The molecule has 1 saturated carbocycles. The number of nitrogens with one attached hydrogen (secondary N) is 1. The molecule has 4 heteroatoms. The van der Waals surface area contributed by atoms with Crippen LogP contribution in [0.2, 0.25) is 15.1 Å². The van der Waals surface area contributed by atoms with E-state index in [-0.39, 0.29) is 6.04 Å². The first-order valence-electron chi connectivity index (χ1n) is 7.46. The van der Waals surface area contributed by atoms with Crippen molar-refractivity contribution in [3.63, 3.8) is 0 Å². The SMILES string of the molecule is CC(NCCC1CCCCC1)c1ccc(Cl)c(Cl)c1Cl. The molecule has 0 bridgehead atoms. The topological polar surface area (TPSA) is 12.0 Å². The minimum absolute atomic E-state index is 0.195. The van der Waals surface area contributed by atoms with Crippen molar-refractivity contribution in [3.05, 3.63) is 32.8 Å². The molecule has 1 unspecified atom stereocenters. The van der Waals surface area contributed by atoms with Gasteiger partial charge in [-0.2, -0.15) is 0 Å². The van der Waals surface area contributed by atoms with E-state index in [9.17, 15) is 0 Å². The van der Waals surface area contributed by atoms with Crippen molar-refractivity contribution in [1.82, 2.24) is 5.32 Å². The lowest BCUT2D eigenvalue weighted by molar-refractivity contribution is 0.329. The summed E-state index contributed by atoms with van der Waals surface area (Å²) < 4.78 is 0. The maximum atomic E-state index is 6.26. The quantitative estimate of drug-likeness (QED) is 0.626. The van der Waals surface area contributed by atoms with E-state index in [0.717, 1.165) is 18.0 Å². The van der Waals surface area contributed by atoms with Crippen LogP contribution in [0.4, 0.5) is 0 Å². The Morgan fingerprint density at radius 3 is 2.50 bits per heavy atom. The maximum Gasteiger partial charge on any atom is 0.0781 e. The Labute approximate surface area is 137 Å². The number of rotatable bonds is 5. The molecular weight excluding hydrogens is 313 g/mol. The molecule has 1 aliphatic carbocycles. The predicted octanol–water partition coefficient (Wildman–Crippen LogP) is 6.27. The highest BCUT2D eigenvalue weighted by Crippen LogP contribution is 2.35. The third-order valence-corrected chi connectivity index (χ3v) is 5.57.